The lowest BCUT2D eigenvalue weighted by atomic mass is 10.4. The maximum Gasteiger partial charge on any atom is 0.435 e. The maximum atomic E-state index is 12.0. The van der Waals surface area contributed by atoms with Crippen LogP contribution in [0.4, 0.5) is 13.2 Å². The first-order chi connectivity index (χ1) is 6.32. The highest BCUT2D eigenvalue weighted by Gasteiger charge is 2.34. The molecule has 0 aliphatic rings. The molecule has 0 amide bonds. The topological polar surface area (TPSA) is 87.9 Å². The van der Waals surface area contributed by atoms with Crippen LogP contribution in [0.25, 0.3) is 0 Å². The first-order valence-electron chi connectivity index (χ1n) is 3.46. The van der Waals surface area contributed by atoms with Crippen molar-refractivity contribution in [2.45, 2.75) is 12.4 Å². The lowest BCUT2D eigenvalue weighted by Crippen LogP contribution is -2.26. The molecule has 0 aliphatic carbocycles. The Morgan fingerprint density at radius 1 is 1.64 bits per heavy atom. The molecule has 8 heteroatoms. The summed E-state index contributed by atoms with van der Waals surface area (Å²) in [5, 5.41) is 18.9. The fourth-order valence-electron chi connectivity index (χ4n) is 0.768. The van der Waals surface area contributed by atoms with E-state index in [-0.39, 0.29) is 0 Å². The second kappa shape index (κ2) is 3.29. The van der Waals surface area contributed by atoms with Gasteiger partial charge in [0.15, 0.2) is 5.69 Å². The number of hydrogen-bond acceptors (Lipinski definition) is 3. The molecule has 14 heavy (non-hydrogen) atoms. The van der Waals surface area contributed by atoms with Crippen LogP contribution in [0.15, 0.2) is 12.3 Å². The molecule has 0 bridgehead atoms. The molecular formula is C6H7F3N4O. The molecule has 0 saturated heterocycles. The summed E-state index contributed by atoms with van der Waals surface area (Å²) in [6.07, 6.45) is -5.33. The fraction of sp³-hybridized carbons (Fsp3) is 0.333. The van der Waals surface area contributed by atoms with Crippen molar-refractivity contribution in [3.63, 3.8) is 0 Å². The van der Waals surface area contributed by atoms with E-state index in [0.29, 0.717) is 10.7 Å². The summed E-state index contributed by atoms with van der Waals surface area (Å²) in [6, 6.07) is 0.687. The Morgan fingerprint density at radius 2 is 2.21 bits per heavy atom. The smallest absolute Gasteiger partial charge is 0.384 e. The second-order valence-corrected chi connectivity index (χ2v) is 2.51. The van der Waals surface area contributed by atoms with Gasteiger partial charge in [0.25, 0.3) is 0 Å². The number of amidine groups is 1. The van der Waals surface area contributed by atoms with Gasteiger partial charge in [-0.25, -0.2) is 4.68 Å². The molecule has 1 heterocycles. The molecule has 4 N–H and O–H groups in total. The van der Waals surface area contributed by atoms with Crippen molar-refractivity contribution in [3.8, 4) is 0 Å². The fourth-order valence-corrected chi connectivity index (χ4v) is 0.768. The molecule has 0 aliphatic heterocycles. The van der Waals surface area contributed by atoms with Gasteiger partial charge in [0.05, 0.1) is 0 Å². The highest BCUT2D eigenvalue weighted by molar-refractivity contribution is 5.79. The number of aromatic nitrogens is 2. The van der Waals surface area contributed by atoms with E-state index in [1.54, 1.807) is 0 Å². The number of nitrogens with zero attached hydrogens (tertiary/aromatic N) is 2. The Bertz CT molecular complexity index is 345. The van der Waals surface area contributed by atoms with E-state index in [2.05, 4.69) is 5.10 Å². The molecule has 1 aromatic rings. The van der Waals surface area contributed by atoms with Crippen LogP contribution in [0.5, 0.6) is 0 Å². The number of aliphatic hydroxyl groups excluding tert-OH is 1. The molecular weight excluding hydrogens is 201 g/mol. The SMILES string of the molecule is N=C(N)C(O)n1ccc(C(F)(F)F)n1. The van der Waals surface area contributed by atoms with Gasteiger partial charge in [-0.05, 0) is 6.07 Å². The van der Waals surface area contributed by atoms with Gasteiger partial charge in [-0.3, -0.25) is 5.41 Å². The third-order valence-corrected chi connectivity index (χ3v) is 1.43. The minimum Gasteiger partial charge on any atom is -0.384 e. The molecule has 0 aromatic carbocycles. The van der Waals surface area contributed by atoms with Crippen LogP contribution < -0.4 is 5.73 Å². The number of nitrogens with one attached hydrogen (secondary N) is 1. The summed E-state index contributed by atoms with van der Waals surface area (Å²) in [5.41, 5.74) is 3.74. The molecule has 5 nitrogen and oxygen atoms in total. The number of halogens is 3. The molecule has 1 unspecified atom stereocenters. The summed E-state index contributed by atoms with van der Waals surface area (Å²) in [4.78, 5) is 0. The van der Waals surface area contributed by atoms with Crippen molar-refractivity contribution in [1.82, 2.24) is 9.78 Å². The molecule has 0 fully saturated rings. The zero-order valence-corrected chi connectivity index (χ0v) is 6.78. The molecule has 1 atom stereocenters. The predicted molar refractivity (Wildman–Crippen MR) is 40.4 cm³/mol. The van der Waals surface area contributed by atoms with Gasteiger partial charge in [-0.1, -0.05) is 0 Å². The van der Waals surface area contributed by atoms with Gasteiger partial charge < -0.3 is 10.8 Å². The normalized spacial score (nSPS) is 14.0. The third-order valence-electron chi connectivity index (χ3n) is 1.43. The Morgan fingerprint density at radius 3 is 2.57 bits per heavy atom. The quantitative estimate of drug-likeness (QED) is 0.483. The van der Waals surface area contributed by atoms with Crippen molar-refractivity contribution in [1.29, 1.82) is 5.41 Å². The summed E-state index contributed by atoms with van der Waals surface area (Å²) >= 11 is 0. The summed E-state index contributed by atoms with van der Waals surface area (Å²) < 4.78 is 36.6. The van der Waals surface area contributed by atoms with E-state index in [1.165, 1.54) is 0 Å². The molecule has 1 rings (SSSR count). The standard InChI is InChI=1S/C6H7F3N4O/c7-6(8,9)3-1-2-13(12-3)5(14)4(10)11/h1-2,5,14H,(H3,10,11). The Balaban J connectivity index is 2.94. The molecule has 0 saturated carbocycles. The zero-order valence-electron chi connectivity index (χ0n) is 6.78. The summed E-state index contributed by atoms with van der Waals surface area (Å²) in [5.74, 6) is -0.679. The van der Waals surface area contributed by atoms with Gasteiger partial charge >= 0.3 is 6.18 Å². The first-order valence-corrected chi connectivity index (χ1v) is 3.46. The van der Waals surface area contributed by atoms with Crippen molar-refractivity contribution in [3.05, 3.63) is 18.0 Å². The van der Waals surface area contributed by atoms with Crippen LogP contribution in [0, 0.1) is 5.41 Å². The highest BCUT2D eigenvalue weighted by Crippen LogP contribution is 2.27. The summed E-state index contributed by atoms with van der Waals surface area (Å²) in [6.45, 7) is 0. The average molecular weight is 208 g/mol. The largest absolute Gasteiger partial charge is 0.435 e. The number of hydrogen-bond donors (Lipinski definition) is 3. The van der Waals surface area contributed by atoms with Crippen LogP contribution in [0.3, 0.4) is 0 Å². The summed E-state index contributed by atoms with van der Waals surface area (Å²) in [7, 11) is 0. The lowest BCUT2D eigenvalue weighted by molar-refractivity contribution is -0.141. The average Bonchev–Trinajstić information content (AvgIpc) is 2.49. The Kier molecular flexibility index (Phi) is 2.47. The predicted octanol–water partition coefficient (Wildman–Crippen LogP) is 0.329. The Labute approximate surface area is 76.4 Å². The van der Waals surface area contributed by atoms with Gasteiger partial charge in [0, 0.05) is 6.20 Å². The van der Waals surface area contributed by atoms with Crippen molar-refractivity contribution in [2.75, 3.05) is 0 Å². The van der Waals surface area contributed by atoms with Crippen LogP contribution in [-0.4, -0.2) is 20.7 Å². The minimum absolute atomic E-state index is 0.561. The molecule has 0 radical (unpaired) electrons. The van der Waals surface area contributed by atoms with Crippen LogP contribution in [-0.2, 0) is 6.18 Å². The number of nitrogens with two attached hydrogens (primary N) is 1. The van der Waals surface area contributed by atoms with E-state index in [9.17, 15) is 13.2 Å². The van der Waals surface area contributed by atoms with E-state index in [1.807, 2.05) is 0 Å². The highest BCUT2D eigenvalue weighted by atomic mass is 19.4. The lowest BCUT2D eigenvalue weighted by Gasteiger charge is -2.08. The number of aliphatic hydroxyl groups is 1. The third kappa shape index (κ3) is 2.02. The maximum absolute atomic E-state index is 12.0. The van der Waals surface area contributed by atoms with E-state index in [4.69, 9.17) is 16.2 Å². The zero-order chi connectivity index (χ0) is 10.9. The van der Waals surface area contributed by atoms with E-state index in [0.717, 1.165) is 6.20 Å². The number of alkyl halides is 3. The van der Waals surface area contributed by atoms with Gasteiger partial charge in [0.1, 0.15) is 5.84 Å². The van der Waals surface area contributed by atoms with Crippen LogP contribution in [0.1, 0.15) is 11.9 Å². The minimum atomic E-state index is -4.57. The van der Waals surface area contributed by atoms with E-state index >= 15 is 0 Å². The van der Waals surface area contributed by atoms with Crippen molar-refractivity contribution in [2.24, 2.45) is 5.73 Å². The number of rotatable bonds is 2. The van der Waals surface area contributed by atoms with Crippen LogP contribution >= 0.6 is 0 Å². The monoisotopic (exact) mass is 208 g/mol. The molecule has 78 valence electrons. The van der Waals surface area contributed by atoms with Gasteiger partial charge in [-0.15, -0.1) is 0 Å². The Hall–Kier alpha value is -1.57. The van der Waals surface area contributed by atoms with Gasteiger partial charge in [0.2, 0.25) is 6.23 Å². The van der Waals surface area contributed by atoms with Crippen molar-refractivity contribution >= 4 is 5.84 Å². The first kappa shape index (κ1) is 10.5. The van der Waals surface area contributed by atoms with Crippen LogP contribution in [0.2, 0.25) is 0 Å². The second-order valence-electron chi connectivity index (χ2n) is 2.51. The van der Waals surface area contributed by atoms with E-state index < -0.39 is 23.9 Å². The van der Waals surface area contributed by atoms with Gasteiger partial charge in [-0.2, -0.15) is 18.3 Å². The molecule has 1 aromatic heterocycles. The van der Waals surface area contributed by atoms with Crippen molar-refractivity contribution < 1.29 is 18.3 Å². The molecule has 0 spiro atoms.